The van der Waals surface area contributed by atoms with Gasteiger partial charge in [-0.2, -0.15) is 0 Å². The van der Waals surface area contributed by atoms with Crippen molar-refractivity contribution in [3.63, 3.8) is 0 Å². The number of imidazole rings is 1. The predicted molar refractivity (Wildman–Crippen MR) is 77.8 cm³/mol. The molecule has 2 N–H and O–H groups in total. The zero-order valence-corrected chi connectivity index (χ0v) is 12.6. The summed E-state index contributed by atoms with van der Waals surface area (Å²) < 4.78 is 20.0. The average Bonchev–Trinajstić information content (AvgIpc) is 3.07. The quantitative estimate of drug-likeness (QED) is 0.903. The summed E-state index contributed by atoms with van der Waals surface area (Å²) in [5.41, 5.74) is 1.21. The fraction of sp³-hybridized carbons (Fsp3) is 0.357. The molecule has 1 aromatic carbocycles. The van der Waals surface area contributed by atoms with Crippen molar-refractivity contribution >= 4 is 15.9 Å². The topological polar surface area (TPSA) is 49.9 Å². The normalized spacial score (nSPS) is 22.4. The van der Waals surface area contributed by atoms with Crippen molar-refractivity contribution in [2.75, 3.05) is 13.7 Å². The third-order valence-corrected chi connectivity index (χ3v) is 4.06. The summed E-state index contributed by atoms with van der Waals surface area (Å²) >= 11 is 3.25. The van der Waals surface area contributed by atoms with E-state index in [0.717, 1.165) is 23.3 Å². The Balaban J connectivity index is 1.83. The summed E-state index contributed by atoms with van der Waals surface area (Å²) in [6.07, 6.45) is 2.74. The van der Waals surface area contributed by atoms with Crippen LogP contribution in [0.25, 0.3) is 11.3 Å². The van der Waals surface area contributed by atoms with Gasteiger partial charge in [-0.25, -0.2) is 9.37 Å². The maximum absolute atomic E-state index is 13.9. The van der Waals surface area contributed by atoms with Crippen molar-refractivity contribution in [3.8, 4) is 11.3 Å². The van der Waals surface area contributed by atoms with Gasteiger partial charge in [0.2, 0.25) is 0 Å². The van der Waals surface area contributed by atoms with Crippen LogP contribution < -0.4 is 5.32 Å². The maximum atomic E-state index is 13.9. The van der Waals surface area contributed by atoms with Crippen LogP contribution in [0, 0.1) is 5.82 Å². The zero-order valence-electron chi connectivity index (χ0n) is 11.0. The number of ether oxygens (including phenoxy) is 1. The van der Waals surface area contributed by atoms with Crippen molar-refractivity contribution < 1.29 is 9.13 Å². The number of rotatable bonds is 3. The van der Waals surface area contributed by atoms with E-state index in [1.165, 1.54) is 6.07 Å². The number of aromatic amines is 1. The molecule has 1 aliphatic rings. The number of aromatic nitrogens is 2. The van der Waals surface area contributed by atoms with Gasteiger partial charge in [0, 0.05) is 23.7 Å². The van der Waals surface area contributed by atoms with E-state index in [1.807, 2.05) is 6.07 Å². The number of halogens is 2. The lowest BCUT2D eigenvalue weighted by Crippen LogP contribution is -2.16. The molecule has 0 spiro atoms. The van der Waals surface area contributed by atoms with E-state index in [0.29, 0.717) is 11.3 Å². The molecule has 1 aromatic heterocycles. The van der Waals surface area contributed by atoms with E-state index in [1.54, 1.807) is 19.4 Å². The highest BCUT2D eigenvalue weighted by atomic mass is 79.9. The van der Waals surface area contributed by atoms with E-state index < -0.39 is 0 Å². The summed E-state index contributed by atoms with van der Waals surface area (Å²) in [5, 5.41) is 3.34. The lowest BCUT2D eigenvalue weighted by molar-refractivity contribution is 0.117. The second-order valence-corrected chi connectivity index (χ2v) is 5.78. The minimum atomic E-state index is -0.274. The van der Waals surface area contributed by atoms with Gasteiger partial charge in [-0.1, -0.05) is 15.9 Å². The smallest absolute Gasteiger partial charge is 0.133 e. The molecule has 6 heteroatoms. The van der Waals surface area contributed by atoms with Crippen molar-refractivity contribution in [3.05, 3.63) is 40.5 Å². The highest BCUT2D eigenvalue weighted by Gasteiger charge is 2.27. The highest BCUT2D eigenvalue weighted by molar-refractivity contribution is 9.10. The molecule has 106 valence electrons. The van der Waals surface area contributed by atoms with Crippen molar-refractivity contribution in [2.24, 2.45) is 0 Å². The molecule has 0 aliphatic carbocycles. The number of nitrogens with one attached hydrogen (secondary N) is 2. The first kappa shape index (κ1) is 13.7. The van der Waals surface area contributed by atoms with E-state index in [9.17, 15) is 4.39 Å². The standard InChI is InChI=1S/C14H15BrFN3O/c1-20-9-5-12(17-6-9)14-18-7-13(19-14)10-3-2-8(15)4-11(10)16/h2-4,7,9,12,17H,5-6H2,1H3,(H,18,19). The van der Waals surface area contributed by atoms with Crippen LogP contribution in [0.15, 0.2) is 28.9 Å². The maximum Gasteiger partial charge on any atom is 0.133 e. The monoisotopic (exact) mass is 339 g/mol. The zero-order chi connectivity index (χ0) is 14.1. The molecule has 0 bridgehead atoms. The molecule has 20 heavy (non-hydrogen) atoms. The Kier molecular flexibility index (Phi) is 3.87. The molecule has 2 unspecified atom stereocenters. The van der Waals surface area contributed by atoms with Gasteiger partial charge >= 0.3 is 0 Å². The summed E-state index contributed by atoms with van der Waals surface area (Å²) in [4.78, 5) is 7.55. The first-order valence-electron chi connectivity index (χ1n) is 6.44. The molecule has 1 fully saturated rings. The molecule has 0 saturated carbocycles. The number of methoxy groups -OCH3 is 1. The number of nitrogens with zero attached hydrogens (tertiary/aromatic N) is 1. The first-order valence-corrected chi connectivity index (χ1v) is 7.23. The molecule has 4 nitrogen and oxygen atoms in total. The summed E-state index contributed by atoms with van der Waals surface area (Å²) in [6, 6.07) is 5.13. The van der Waals surface area contributed by atoms with Crippen LogP contribution in [0.1, 0.15) is 18.3 Å². The van der Waals surface area contributed by atoms with Crippen LogP contribution in [0.4, 0.5) is 4.39 Å². The summed E-state index contributed by atoms with van der Waals surface area (Å²) in [7, 11) is 1.71. The van der Waals surface area contributed by atoms with Crippen LogP contribution in [0.5, 0.6) is 0 Å². The Morgan fingerprint density at radius 3 is 3.00 bits per heavy atom. The molecule has 1 aliphatic heterocycles. The van der Waals surface area contributed by atoms with E-state index in [-0.39, 0.29) is 18.0 Å². The molecule has 2 atom stereocenters. The van der Waals surface area contributed by atoms with Crippen LogP contribution in [-0.4, -0.2) is 29.7 Å². The Morgan fingerprint density at radius 1 is 1.45 bits per heavy atom. The predicted octanol–water partition coefficient (Wildman–Crippen LogP) is 3.03. The second kappa shape index (κ2) is 5.63. The van der Waals surface area contributed by atoms with Gasteiger partial charge in [-0.3, -0.25) is 0 Å². The van der Waals surface area contributed by atoms with Crippen molar-refractivity contribution in [1.29, 1.82) is 0 Å². The Hall–Kier alpha value is -1.24. The van der Waals surface area contributed by atoms with Gasteiger partial charge < -0.3 is 15.0 Å². The molecule has 2 heterocycles. The molecular weight excluding hydrogens is 325 g/mol. The molecule has 2 aromatic rings. The van der Waals surface area contributed by atoms with Crippen LogP contribution in [-0.2, 0) is 4.74 Å². The van der Waals surface area contributed by atoms with Gasteiger partial charge in [0.25, 0.3) is 0 Å². The minimum Gasteiger partial charge on any atom is -0.380 e. The van der Waals surface area contributed by atoms with Gasteiger partial charge in [0.15, 0.2) is 0 Å². The highest BCUT2D eigenvalue weighted by Crippen LogP contribution is 2.27. The molecule has 0 amide bonds. The third kappa shape index (κ3) is 2.63. The number of H-pyrrole nitrogens is 1. The van der Waals surface area contributed by atoms with Crippen molar-refractivity contribution in [1.82, 2.24) is 15.3 Å². The summed E-state index contributed by atoms with van der Waals surface area (Å²) in [5.74, 6) is 0.547. The van der Waals surface area contributed by atoms with Crippen LogP contribution in [0.3, 0.4) is 0 Å². The molecule has 0 radical (unpaired) electrons. The van der Waals surface area contributed by atoms with Gasteiger partial charge in [-0.05, 0) is 24.6 Å². The number of hydrogen-bond donors (Lipinski definition) is 2. The Bertz CT molecular complexity index is 616. The van der Waals surface area contributed by atoms with Crippen LogP contribution in [0.2, 0.25) is 0 Å². The van der Waals surface area contributed by atoms with E-state index in [4.69, 9.17) is 4.74 Å². The number of hydrogen-bond acceptors (Lipinski definition) is 3. The lowest BCUT2D eigenvalue weighted by Gasteiger charge is -2.07. The van der Waals surface area contributed by atoms with Gasteiger partial charge in [0.05, 0.1) is 24.0 Å². The Morgan fingerprint density at radius 2 is 2.30 bits per heavy atom. The Labute approximate surface area is 124 Å². The largest absolute Gasteiger partial charge is 0.380 e. The summed E-state index contributed by atoms with van der Waals surface area (Å²) in [6.45, 7) is 0.809. The average molecular weight is 340 g/mol. The van der Waals surface area contributed by atoms with Gasteiger partial charge in [0.1, 0.15) is 11.6 Å². The van der Waals surface area contributed by atoms with Crippen LogP contribution >= 0.6 is 15.9 Å². The lowest BCUT2D eigenvalue weighted by atomic mass is 10.1. The molecule has 3 rings (SSSR count). The SMILES string of the molecule is COC1CNC(c2ncc(-c3ccc(Br)cc3F)[nH]2)C1. The molecule has 1 saturated heterocycles. The number of benzene rings is 1. The second-order valence-electron chi connectivity index (χ2n) is 4.86. The molecular formula is C14H15BrFN3O. The van der Waals surface area contributed by atoms with Crippen molar-refractivity contribution in [2.45, 2.75) is 18.6 Å². The van der Waals surface area contributed by atoms with E-state index >= 15 is 0 Å². The third-order valence-electron chi connectivity index (χ3n) is 3.57. The minimum absolute atomic E-state index is 0.132. The first-order chi connectivity index (χ1) is 9.67. The fourth-order valence-electron chi connectivity index (χ4n) is 2.45. The van der Waals surface area contributed by atoms with Gasteiger partial charge in [-0.15, -0.1) is 0 Å². The van der Waals surface area contributed by atoms with E-state index in [2.05, 4.69) is 31.2 Å². The fourth-order valence-corrected chi connectivity index (χ4v) is 2.78.